The molecule has 1 fully saturated rings. The van der Waals surface area contributed by atoms with Gasteiger partial charge in [0.25, 0.3) is 0 Å². The number of likely N-dealkylation sites (tertiary alicyclic amines) is 1. The van der Waals surface area contributed by atoms with Crippen LogP contribution in [0.15, 0.2) is 5.51 Å². The van der Waals surface area contributed by atoms with E-state index in [1.165, 1.54) is 11.3 Å². The lowest BCUT2D eigenvalue weighted by Gasteiger charge is -2.32. The molecule has 17 heavy (non-hydrogen) atoms. The zero-order chi connectivity index (χ0) is 12.3. The number of hydrogen-bond acceptors (Lipinski definition) is 5. The van der Waals surface area contributed by atoms with E-state index in [2.05, 4.69) is 15.5 Å². The first-order chi connectivity index (χ1) is 8.16. The fourth-order valence-corrected chi connectivity index (χ4v) is 2.42. The molecule has 6 nitrogen and oxygen atoms in total. The predicted molar refractivity (Wildman–Crippen MR) is 64.9 cm³/mol. The zero-order valence-corrected chi connectivity index (χ0v) is 10.5. The van der Waals surface area contributed by atoms with Crippen molar-refractivity contribution < 1.29 is 9.90 Å². The number of hydrogen-bond donors (Lipinski definition) is 2. The Morgan fingerprint density at radius 3 is 2.88 bits per heavy atom. The van der Waals surface area contributed by atoms with Crippen LogP contribution in [-0.4, -0.2) is 45.4 Å². The minimum Gasteiger partial charge on any atom is -0.393 e. The molecule has 2 rings (SSSR count). The van der Waals surface area contributed by atoms with Crippen molar-refractivity contribution in [1.82, 2.24) is 15.1 Å². The standard InChI is InChI=1S/C10H16N4O2S/c1-7(15)8-2-4-14(5-3-8)10(16)12-9-13-11-6-17-9/h6-8,15H,2-5H2,1H3,(H,12,13,16). The van der Waals surface area contributed by atoms with E-state index in [0.29, 0.717) is 24.1 Å². The molecule has 0 aromatic carbocycles. The lowest BCUT2D eigenvalue weighted by atomic mass is 9.92. The number of anilines is 1. The molecule has 0 spiro atoms. The van der Waals surface area contributed by atoms with Crippen LogP contribution in [0.2, 0.25) is 0 Å². The van der Waals surface area contributed by atoms with Crippen molar-refractivity contribution in [1.29, 1.82) is 0 Å². The summed E-state index contributed by atoms with van der Waals surface area (Å²) in [6.45, 7) is 3.17. The highest BCUT2D eigenvalue weighted by molar-refractivity contribution is 7.13. The van der Waals surface area contributed by atoms with E-state index in [4.69, 9.17) is 0 Å². The fourth-order valence-electron chi connectivity index (χ4n) is 1.98. The Kier molecular flexibility index (Phi) is 3.90. The Labute approximate surface area is 104 Å². The van der Waals surface area contributed by atoms with Crippen LogP contribution < -0.4 is 5.32 Å². The lowest BCUT2D eigenvalue weighted by Crippen LogP contribution is -2.42. The summed E-state index contributed by atoms with van der Waals surface area (Å²) in [5.41, 5.74) is 1.58. The maximum Gasteiger partial charge on any atom is 0.323 e. The van der Waals surface area contributed by atoms with E-state index < -0.39 is 0 Å². The number of aromatic nitrogens is 2. The number of urea groups is 1. The van der Waals surface area contributed by atoms with Crippen LogP contribution in [0, 0.1) is 5.92 Å². The molecule has 0 bridgehead atoms. The van der Waals surface area contributed by atoms with Crippen LogP contribution >= 0.6 is 11.3 Å². The van der Waals surface area contributed by atoms with E-state index in [1.54, 1.807) is 10.4 Å². The topological polar surface area (TPSA) is 78.4 Å². The van der Waals surface area contributed by atoms with Crippen LogP contribution in [0.5, 0.6) is 0 Å². The number of nitrogens with zero attached hydrogens (tertiary/aromatic N) is 3. The Morgan fingerprint density at radius 2 is 2.35 bits per heavy atom. The summed E-state index contributed by atoms with van der Waals surface area (Å²) < 4.78 is 0. The molecule has 7 heteroatoms. The van der Waals surface area contributed by atoms with Crippen LogP contribution in [-0.2, 0) is 0 Å². The van der Waals surface area contributed by atoms with Gasteiger partial charge in [0, 0.05) is 13.1 Å². The van der Waals surface area contributed by atoms with Crippen molar-refractivity contribution in [3.05, 3.63) is 5.51 Å². The van der Waals surface area contributed by atoms with Crippen molar-refractivity contribution in [3.8, 4) is 0 Å². The number of aliphatic hydroxyl groups is 1. The summed E-state index contributed by atoms with van der Waals surface area (Å²) in [7, 11) is 0. The van der Waals surface area contributed by atoms with Crippen molar-refractivity contribution in [3.63, 3.8) is 0 Å². The number of nitrogens with one attached hydrogen (secondary N) is 1. The summed E-state index contributed by atoms with van der Waals surface area (Å²) >= 11 is 1.30. The van der Waals surface area contributed by atoms with E-state index >= 15 is 0 Å². The van der Waals surface area contributed by atoms with Gasteiger partial charge in [0.15, 0.2) is 0 Å². The third-order valence-electron chi connectivity index (χ3n) is 3.08. The minimum absolute atomic E-state index is 0.134. The Balaban J connectivity index is 1.82. The summed E-state index contributed by atoms with van der Waals surface area (Å²) in [5.74, 6) is 0.306. The lowest BCUT2D eigenvalue weighted by molar-refractivity contribution is 0.0820. The van der Waals surface area contributed by atoms with Gasteiger partial charge in [-0.15, -0.1) is 10.2 Å². The molecular formula is C10H16N4O2S. The van der Waals surface area contributed by atoms with Crippen molar-refractivity contribution in [2.24, 2.45) is 5.92 Å². The summed E-state index contributed by atoms with van der Waals surface area (Å²) in [4.78, 5) is 13.6. The zero-order valence-electron chi connectivity index (χ0n) is 9.67. The number of piperidine rings is 1. The van der Waals surface area contributed by atoms with Gasteiger partial charge in [-0.1, -0.05) is 11.3 Å². The molecule has 1 aliphatic heterocycles. The largest absolute Gasteiger partial charge is 0.393 e. The molecule has 94 valence electrons. The van der Waals surface area contributed by atoms with Gasteiger partial charge in [0.2, 0.25) is 5.13 Å². The van der Waals surface area contributed by atoms with E-state index in [9.17, 15) is 9.90 Å². The number of rotatable bonds is 2. The molecule has 1 atom stereocenters. The van der Waals surface area contributed by atoms with Crippen molar-refractivity contribution in [2.75, 3.05) is 18.4 Å². The average Bonchev–Trinajstić information content (AvgIpc) is 2.82. The Bertz CT molecular complexity index is 360. The summed E-state index contributed by atoms with van der Waals surface area (Å²) in [5, 5.41) is 20.1. The molecule has 2 heterocycles. The monoisotopic (exact) mass is 256 g/mol. The SMILES string of the molecule is CC(O)C1CCN(C(=O)Nc2nncs2)CC1. The molecule has 1 unspecified atom stereocenters. The van der Waals surface area contributed by atoms with Crippen molar-refractivity contribution in [2.45, 2.75) is 25.9 Å². The maximum atomic E-state index is 11.8. The van der Waals surface area contributed by atoms with Crippen molar-refractivity contribution >= 4 is 22.5 Å². The van der Waals surface area contributed by atoms with Gasteiger partial charge in [0.05, 0.1) is 6.10 Å². The third kappa shape index (κ3) is 3.13. The normalized spacial score (nSPS) is 19.1. The summed E-state index contributed by atoms with van der Waals surface area (Å²) in [6.07, 6.45) is 1.41. The molecule has 1 aromatic rings. The molecule has 1 aliphatic rings. The van der Waals surface area contributed by atoms with E-state index in [1.807, 2.05) is 6.92 Å². The Hall–Kier alpha value is -1.21. The first-order valence-electron chi connectivity index (χ1n) is 5.67. The fraction of sp³-hybridized carbons (Fsp3) is 0.700. The second kappa shape index (κ2) is 5.42. The van der Waals surface area contributed by atoms with Gasteiger partial charge in [-0.05, 0) is 25.7 Å². The van der Waals surface area contributed by atoms with E-state index in [0.717, 1.165) is 12.8 Å². The van der Waals surface area contributed by atoms with E-state index in [-0.39, 0.29) is 12.1 Å². The van der Waals surface area contributed by atoms with Crippen LogP contribution in [0.3, 0.4) is 0 Å². The predicted octanol–water partition coefficient (Wildman–Crippen LogP) is 1.16. The Morgan fingerprint density at radius 1 is 1.65 bits per heavy atom. The van der Waals surface area contributed by atoms with Crippen LogP contribution in [0.4, 0.5) is 9.93 Å². The average molecular weight is 256 g/mol. The van der Waals surface area contributed by atoms with Gasteiger partial charge >= 0.3 is 6.03 Å². The first kappa shape index (κ1) is 12.3. The highest BCUT2D eigenvalue weighted by atomic mass is 32.1. The van der Waals surface area contributed by atoms with Crippen LogP contribution in [0.1, 0.15) is 19.8 Å². The molecule has 2 N–H and O–H groups in total. The third-order valence-corrected chi connectivity index (χ3v) is 3.69. The van der Waals surface area contributed by atoms with Gasteiger partial charge < -0.3 is 10.0 Å². The first-order valence-corrected chi connectivity index (χ1v) is 6.55. The number of aliphatic hydroxyl groups excluding tert-OH is 1. The molecule has 0 saturated carbocycles. The summed E-state index contributed by atoms with van der Waals surface area (Å²) in [6, 6.07) is -0.134. The van der Waals surface area contributed by atoms with Gasteiger partial charge in [-0.25, -0.2) is 4.79 Å². The van der Waals surface area contributed by atoms with Gasteiger partial charge in [-0.3, -0.25) is 5.32 Å². The second-order valence-electron chi connectivity index (χ2n) is 4.24. The maximum absolute atomic E-state index is 11.8. The second-order valence-corrected chi connectivity index (χ2v) is 5.07. The highest BCUT2D eigenvalue weighted by Crippen LogP contribution is 2.21. The quantitative estimate of drug-likeness (QED) is 0.832. The van der Waals surface area contributed by atoms with Crippen LogP contribution in [0.25, 0.3) is 0 Å². The highest BCUT2D eigenvalue weighted by Gasteiger charge is 2.25. The molecular weight excluding hydrogens is 240 g/mol. The van der Waals surface area contributed by atoms with Gasteiger partial charge in [-0.2, -0.15) is 0 Å². The molecule has 1 saturated heterocycles. The number of carbonyl (C=O) groups excluding carboxylic acids is 1. The molecule has 0 aliphatic carbocycles. The molecule has 2 amide bonds. The molecule has 1 aromatic heterocycles. The number of amides is 2. The number of carbonyl (C=O) groups is 1. The smallest absolute Gasteiger partial charge is 0.323 e. The minimum atomic E-state index is -0.289. The molecule has 0 radical (unpaired) electrons. The van der Waals surface area contributed by atoms with Gasteiger partial charge in [0.1, 0.15) is 5.51 Å².